The molecule has 2 aromatic carbocycles. The molecule has 0 N–H and O–H groups in total. The highest BCUT2D eigenvalue weighted by atomic mass is 15.1. The second kappa shape index (κ2) is 7.98. The fraction of sp³-hybridized carbons (Fsp3) is 0.296. The van der Waals surface area contributed by atoms with Gasteiger partial charge < -0.3 is 9.80 Å². The third kappa shape index (κ3) is 3.39. The van der Waals surface area contributed by atoms with E-state index in [0.717, 1.165) is 13.1 Å². The van der Waals surface area contributed by atoms with Crippen molar-refractivity contribution in [2.24, 2.45) is 0 Å². The Labute approximate surface area is 181 Å². The first kappa shape index (κ1) is 20.2. The number of nitrogens with zero attached hydrogens (tertiary/aromatic N) is 3. The van der Waals surface area contributed by atoms with Crippen LogP contribution in [0.4, 0.5) is 11.4 Å². The highest BCUT2D eigenvalue weighted by Gasteiger charge is 2.27. The second-order valence-electron chi connectivity index (χ2n) is 8.34. The van der Waals surface area contributed by atoms with Crippen molar-refractivity contribution in [1.82, 2.24) is 0 Å². The summed E-state index contributed by atoms with van der Waals surface area (Å²) in [5.41, 5.74) is 11.6. The number of benzene rings is 2. The zero-order chi connectivity index (χ0) is 21.4. The molecule has 0 amide bonds. The predicted octanol–water partition coefficient (Wildman–Crippen LogP) is 5.22. The average Bonchev–Trinajstić information content (AvgIpc) is 3.08. The lowest BCUT2D eigenvalue weighted by Gasteiger charge is -2.15. The molecule has 0 fully saturated rings. The van der Waals surface area contributed by atoms with Gasteiger partial charge >= 0.3 is 0 Å². The van der Waals surface area contributed by atoms with Crippen LogP contribution in [0.25, 0.3) is 16.7 Å². The highest BCUT2D eigenvalue weighted by Crippen LogP contribution is 2.48. The number of hydrogen-bond donors (Lipinski definition) is 0. The Kier molecular flexibility index (Phi) is 5.38. The summed E-state index contributed by atoms with van der Waals surface area (Å²) in [6.07, 6.45) is 9.08. The summed E-state index contributed by atoms with van der Waals surface area (Å²) in [6.45, 7) is 6.47. The molecule has 0 heterocycles. The van der Waals surface area contributed by atoms with Crippen LogP contribution < -0.4 is 9.80 Å². The van der Waals surface area contributed by atoms with Crippen LogP contribution in [0.5, 0.6) is 0 Å². The van der Waals surface area contributed by atoms with Crippen LogP contribution >= 0.6 is 0 Å². The molecule has 4 rings (SSSR count). The van der Waals surface area contributed by atoms with Gasteiger partial charge in [0, 0.05) is 51.7 Å². The van der Waals surface area contributed by atoms with E-state index in [1.54, 1.807) is 0 Å². The van der Waals surface area contributed by atoms with E-state index >= 15 is 0 Å². The van der Waals surface area contributed by atoms with Gasteiger partial charge in [0.1, 0.15) is 13.1 Å². The molecule has 0 spiro atoms. The van der Waals surface area contributed by atoms with Gasteiger partial charge in [-0.2, -0.15) is 0 Å². The van der Waals surface area contributed by atoms with Crippen LogP contribution in [0.2, 0.25) is 0 Å². The van der Waals surface area contributed by atoms with Crippen LogP contribution in [0.15, 0.2) is 66.3 Å². The molecule has 154 valence electrons. The van der Waals surface area contributed by atoms with Crippen molar-refractivity contribution in [2.45, 2.75) is 13.8 Å². The topological polar surface area (TPSA) is 9.49 Å². The summed E-state index contributed by atoms with van der Waals surface area (Å²) in [5.74, 6) is 0. The van der Waals surface area contributed by atoms with Crippen LogP contribution in [0.1, 0.15) is 25.0 Å². The van der Waals surface area contributed by atoms with E-state index in [1.807, 2.05) is 0 Å². The van der Waals surface area contributed by atoms with E-state index in [-0.39, 0.29) is 0 Å². The predicted molar refractivity (Wildman–Crippen MR) is 131 cm³/mol. The second-order valence-corrected chi connectivity index (χ2v) is 8.34. The zero-order valence-electron chi connectivity index (χ0n) is 19.0. The Morgan fingerprint density at radius 2 is 1.10 bits per heavy atom. The van der Waals surface area contributed by atoms with Crippen molar-refractivity contribution in [2.75, 3.05) is 51.1 Å². The first-order valence-electron chi connectivity index (χ1n) is 10.8. The van der Waals surface area contributed by atoms with E-state index in [9.17, 15) is 0 Å². The lowest BCUT2D eigenvalue weighted by Crippen LogP contribution is -2.19. The SMILES string of the molecule is CC[N+](CC)=C1C=CC(=C2c3ccc(N(C)C)cc3-c3cc(N(C)C)ccc32)C=C1. The quantitative estimate of drug-likeness (QED) is 0.557. The van der Waals surface area contributed by atoms with Gasteiger partial charge in [-0.15, -0.1) is 0 Å². The molecule has 2 aliphatic rings. The van der Waals surface area contributed by atoms with Crippen LogP contribution in [0, 0.1) is 0 Å². The third-order valence-corrected chi connectivity index (χ3v) is 6.15. The monoisotopic (exact) mass is 398 g/mol. The minimum Gasteiger partial charge on any atom is -0.378 e. The number of anilines is 2. The lowest BCUT2D eigenvalue weighted by atomic mass is 9.94. The molecule has 3 heteroatoms. The van der Waals surface area contributed by atoms with Gasteiger partial charge in [-0.3, -0.25) is 0 Å². The largest absolute Gasteiger partial charge is 0.378 e. The summed E-state index contributed by atoms with van der Waals surface area (Å²) < 4.78 is 2.39. The first-order chi connectivity index (χ1) is 14.4. The Morgan fingerprint density at radius 1 is 0.633 bits per heavy atom. The van der Waals surface area contributed by atoms with Gasteiger partial charge in [0.2, 0.25) is 0 Å². The van der Waals surface area contributed by atoms with Crippen molar-refractivity contribution in [3.63, 3.8) is 0 Å². The summed E-state index contributed by atoms with van der Waals surface area (Å²) >= 11 is 0. The highest BCUT2D eigenvalue weighted by molar-refractivity contribution is 6.08. The third-order valence-electron chi connectivity index (χ3n) is 6.15. The van der Waals surface area contributed by atoms with Crippen molar-refractivity contribution in [1.29, 1.82) is 0 Å². The van der Waals surface area contributed by atoms with Crippen molar-refractivity contribution in [3.8, 4) is 11.1 Å². The molecule has 0 atom stereocenters. The molecule has 0 aromatic heterocycles. The number of fused-ring (bicyclic) bond motifs is 3. The van der Waals surface area contributed by atoms with Crippen molar-refractivity contribution in [3.05, 3.63) is 77.4 Å². The standard InChI is InChI=1S/C27H32N3/c1-7-30(8-2)20-11-9-19(10-12-20)27-23-15-13-21(28(3)4)17-25(23)26-18-22(29(5)6)14-16-24(26)27/h9-18H,7-8H2,1-6H3/q+1. The summed E-state index contributed by atoms with van der Waals surface area (Å²) in [4.78, 5) is 4.35. The number of allylic oxidation sites excluding steroid dienone is 5. The van der Waals surface area contributed by atoms with Gasteiger partial charge in [-0.05, 0) is 83.7 Å². The fourth-order valence-corrected chi connectivity index (χ4v) is 4.39. The molecule has 3 nitrogen and oxygen atoms in total. The summed E-state index contributed by atoms with van der Waals surface area (Å²) in [5, 5.41) is 0. The minimum absolute atomic E-state index is 1.03. The Hall–Kier alpha value is -3.07. The van der Waals surface area contributed by atoms with E-state index < -0.39 is 0 Å². The molecule has 0 saturated heterocycles. The number of rotatable bonds is 4. The molecule has 0 unspecified atom stereocenters. The molecule has 2 aromatic rings. The van der Waals surface area contributed by atoms with Crippen LogP contribution in [-0.2, 0) is 0 Å². The van der Waals surface area contributed by atoms with E-state index in [1.165, 1.54) is 50.5 Å². The van der Waals surface area contributed by atoms with Crippen LogP contribution in [0.3, 0.4) is 0 Å². The average molecular weight is 399 g/mol. The molecule has 0 radical (unpaired) electrons. The van der Waals surface area contributed by atoms with Gasteiger partial charge in [-0.25, -0.2) is 4.58 Å². The van der Waals surface area contributed by atoms with Gasteiger partial charge in [-0.1, -0.05) is 12.1 Å². The lowest BCUT2D eigenvalue weighted by molar-refractivity contribution is -0.519. The van der Waals surface area contributed by atoms with E-state index in [2.05, 4.69) is 117 Å². The maximum Gasteiger partial charge on any atom is 0.199 e. The van der Waals surface area contributed by atoms with E-state index in [0.29, 0.717) is 0 Å². The van der Waals surface area contributed by atoms with Crippen molar-refractivity contribution < 1.29 is 4.58 Å². The fourth-order valence-electron chi connectivity index (χ4n) is 4.39. The smallest absolute Gasteiger partial charge is 0.199 e. The van der Waals surface area contributed by atoms with E-state index in [4.69, 9.17) is 0 Å². The maximum atomic E-state index is 2.39. The number of hydrogen-bond acceptors (Lipinski definition) is 2. The molecule has 0 aliphatic heterocycles. The zero-order valence-corrected chi connectivity index (χ0v) is 19.0. The van der Waals surface area contributed by atoms with Gasteiger partial charge in [0.05, 0.1) is 0 Å². The Balaban J connectivity index is 1.92. The van der Waals surface area contributed by atoms with Crippen LogP contribution in [-0.4, -0.2) is 51.6 Å². The van der Waals surface area contributed by atoms with Crippen molar-refractivity contribution >= 4 is 22.7 Å². The Bertz CT molecular complexity index is 1030. The summed E-state index contributed by atoms with van der Waals surface area (Å²) in [7, 11) is 8.41. The molecule has 0 saturated carbocycles. The molecular weight excluding hydrogens is 366 g/mol. The molecule has 2 aliphatic carbocycles. The molecule has 0 bridgehead atoms. The molecule has 30 heavy (non-hydrogen) atoms. The summed E-state index contributed by atoms with van der Waals surface area (Å²) in [6, 6.07) is 13.7. The molecular formula is C27H32N3+. The normalized spacial score (nSPS) is 14.1. The van der Waals surface area contributed by atoms with Gasteiger partial charge in [0.25, 0.3) is 0 Å². The first-order valence-corrected chi connectivity index (χ1v) is 10.8. The minimum atomic E-state index is 1.03. The maximum absolute atomic E-state index is 2.39. The van der Waals surface area contributed by atoms with Gasteiger partial charge in [0.15, 0.2) is 5.71 Å². The Morgan fingerprint density at radius 3 is 1.50 bits per heavy atom.